The summed E-state index contributed by atoms with van der Waals surface area (Å²) in [7, 11) is 0. The third kappa shape index (κ3) is 441. The van der Waals surface area contributed by atoms with Gasteiger partial charge in [0.15, 0.2) is 0 Å². The van der Waals surface area contributed by atoms with E-state index in [4.69, 9.17) is 9.79 Å². The summed E-state index contributed by atoms with van der Waals surface area (Å²) in [6.07, 6.45) is 1.00. The number of hydrogen-bond donors (Lipinski definition) is 3. The SMILES string of the molecule is OP(O)(=S)S.[CH2-]C.[CH2-]CC.[Zn+2]. The van der Waals surface area contributed by atoms with E-state index >= 15 is 0 Å². The molecule has 0 amide bonds. The Morgan fingerprint density at radius 1 is 1.45 bits per heavy atom. The second-order valence-corrected chi connectivity index (χ2v) is 6.05. The van der Waals surface area contributed by atoms with Gasteiger partial charge in [-0.05, 0) is 11.8 Å². The Labute approximate surface area is 92.9 Å². The van der Waals surface area contributed by atoms with Gasteiger partial charge in [-0.2, -0.15) is 13.3 Å². The van der Waals surface area contributed by atoms with Crippen LogP contribution < -0.4 is 0 Å². The van der Waals surface area contributed by atoms with Gasteiger partial charge in [0.2, 0.25) is 5.69 Å². The number of hydrogen-bond acceptors (Lipinski definition) is 1. The van der Waals surface area contributed by atoms with E-state index in [-0.39, 0.29) is 19.5 Å². The molecular formula is C5H15O2PS2Zn. The van der Waals surface area contributed by atoms with Crippen molar-refractivity contribution in [3.63, 3.8) is 0 Å². The van der Waals surface area contributed by atoms with Gasteiger partial charge in [-0.3, -0.25) is 0 Å². The Bertz CT molecular complexity index is 78.3. The molecule has 0 aromatic rings. The molecular weight excluding hydrogens is 253 g/mol. The van der Waals surface area contributed by atoms with Gasteiger partial charge in [-0.15, -0.1) is 0 Å². The molecule has 0 aliphatic rings. The first-order chi connectivity index (χ1) is 4.41. The van der Waals surface area contributed by atoms with Gasteiger partial charge in [0.05, 0.1) is 0 Å². The topological polar surface area (TPSA) is 40.5 Å². The van der Waals surface area contributed by atoms with Gasteiger partial charge in [0.25, 0.3) is 0 Å². The van der Waals surface area contributed by atoms with E-state index in [0.717, 1.165) is 6.42 Å². The summed E-state index contributed by atoms with van der Waals surface area (Å²) >= 11 is 7.07. The molecule has 0 rings (SSSR count). The summed E-state index contributed by atoms with van der Waals surface area (Å²) in [5.41, 5.74) is -3.11. The zero-order chi connectivity index (χ0) is 9.21. The van der Waals surface area contributed by atoms with Crippen LogP contribution in [0.4, 0.5) is 0 Å². The summed E-state index contributed by atoms with van der Waals surface area (Å²) in [5, 5.41) is 0. The van der Waals surface area contributed by atoms with Crippen LogP contribution in [0, 0.1) is 13.8 Å². The fourth-order valence-corrected chi connectivity index (χ4v) is 0. The van der Waals surface area contributed by atoms with E-state index in [2.05, 4.69) is 37.9 Å². The van der Waals surface area contributed by atoms with Crippen LogP contribution in [-0.2, 0) is 31.3 Å². The third-order valence-corrected chi connectivity index (χ3v) is 0. The molecule has 0 saturated heterocycles. The summed E-state index contributed by atoms with van der Waals surface area (Å²) in [6.45, 7) is 10.5. The van der Waals surface area contributed by atoms with E-state index in [1.807, 2.05) is 6.92 Å². The molecule has 6 heteroatoms. The Balaban J connectivity index is -0.0000000360. The molecule has 0 aromatic heterocycles. The van der Waals surface area contributed by atoms with Crippen molar-refractivity contribution in [2.45, 2.75) is 20.3 Å². The van der Waals surface area contributed by atoms with Crippen molar-refractivity contribution < 1.29 is 29.3 Å². The average Bonchev–Trinajstić information content (AvgIpc) is 1.68. The van der Waals surface area contributed by atoms with E-state index in [9.17, 15) is 0 Å². The number of thiol groups is 1. The molecule has 0 fully saturated rings. The minimum atomic E-state index is -3.11. The second kappa shape index (κ2) is 17.6. The Kier molecular flexibility index (Phi) is 36.6. The summed E-state index contributed by atoms with van der Waals surface area (Å²) in [4.78, 5) is 15.7. The molecule has 66 valence electrons. The predicted octanol–water partition coefficient (Wildman–Crippen LogP) is 2.19. The van der Waals surface area contributed by atoms with Crippen molar-refractivity contribution in [2.75, 3.05) is 0 Å². The minimum Gasteiger partial charge on any atom is -0.346 e. The van der Waals surface area contributed by atoms with Crippen LogP contribution >= 0.6 is 17.9 Å². The molecule has 0 radical (unpaired) electrons. The first-order valence-corrected chi connectivity index (χ1v) is 6.56. The van der Waals surface area contributed by atoms with Gasteiger partial charge in [0.1, 0.15) is 0 Å². The summed E-state index contributed by atoms with van der Waals surface area (Å²) in [5.74, 6) is 0. The van der Waals surface area contributed by atoms with Gasteiger partial charge in [0, 0.05) is 0 Å². The number of rotatable bonds is 0. The smallest absolute Gasteiger partial charge is 0.346 e. The first-order valence-electron chi connectivity index (χ1n) is 2.70. The largest absolute Gasteiger partial charge is 2.00 e. The molecule has 0 atom stereocenters. The maximum absolute atomic E-state index is 7.87. The Morgan fingerprint density at radius 2 is 1.45 bits per heavy atom. The third-order valence-electron chi connectivity index (χ3n) is 0. The molecule has 0 aliphatic carbocycles. The Hall–Kier alpha value is 1.54. The van der Waals surface area contributed by atoms with Crippen LogP contribution in [0.1, 0.15) is 20.3 Å². The molecule has 0 saturated carbocycles. The van der Waals surface area contributed by atoms with Crippen LogP contribution in [0.5, 0.6) is 0 Å². The van der Waals surface area contributed by atoms with E-state index in [0.29, 0.717) is 0 Å². The standard InChI is InChI=1S/C3H7.C2H5.H3O2PS2.Zn/c1-3-2;1-2;1-3(2,4)5;/h1,3H2,2H3;1H2,2H3;(H3,1,2,4,5);/q2*-1;;+2. The molecule has 0 spiro atoms. The van der Waals surface area contributed by atoms with Gasteiger partial charge in [-0.1, -0.05) is 19.2 Å². The molecule has 0 bridgehead atoms. The molecule has 11 heavy (non-hydrogen) atoms. The van der Waals surface area contributed by atoms with E-state index in [1.54, 1.807) is 6.92 Å². The van der Waals surface area contributed by atoms with Gasteiger partial charge in [-0.25, -0.2) is 0 Å². The minimum absolute atomic E-state index is 0. The molecule has 0 unspecified atom stereocenters. The zero-order valence-electron chi connectivity index (χ0n) is 7.03. The van der Waals surface area contributed by atoms with Crippen molar-refractivity contribution in [3.05, 3.63) is 13.8 Å². The van der Waals surface area contributed by atoms with Crippen molar-refractivity contribution in [1.82, 2.24) is 0 Å². The van der Waals surface area contributed by atoms with Crippen molar-refractivity contribution in [3.8, 4) is 0 Å². The fraction of sp³-hybridized carbons (Fsp3) is 0.600. The maximum Gasteiger partial charge on any atom is 2.00 e. The van der Waals surface area contributed by atoms with Crippen LogP contribution in [-0.4, -0.2) is 9.79 Å². The van der Waals surface area contributed by atoms with Crippen molar-refractivity contribution in [1.29, 1.82) is 0 Å². The van der Waals surface area contributed by atoms with Gasteiger partial charge < -0.3 is 23.6 Å². The quantitative estimate of drug-likeness (QED) is 0.273. The summed E-state index contributed by atoms with van der Waals surface area (Å²) < 4.78 is 0. The first kappa shape index (κ1) is 22.9. The second-order valence-electron chi connectivity index (χ2n) is 1.01. The van der Waals surface area contributed by atoms with Crippen LogP contribution in [0.15, 0.2) is 0 Å². The molecule has 0 heterocycles. The van der Waals surface area contributed by atoms with E-state index < -0.39 is 5.69 Å². The average molecular weight is 268 g/mol. The normalized spacial score (nSPS) is 7.55. The van der Waals surface area contributed by atoms with Gasteiger partial charge >= 0.3 is 19.5 Å². The predicted molar refractivity (Wildman–Crippen MR) is 54.4 cm³/mol. The monoisotopic (exact) mass is 266 g/mol. The van der Waals surface area contributed by atoms with Crippen molar-refractivity contribution in [2.24, 2.45) is 0 Å². The molecule has 0 aliphatic heterocycles. The maximum atomic E-state index is 7.87. The molecule has 2 N–H and O–H groups in total. The van der Waals surface area contributed by atoms with Crippen LogP contribution in [0.3, 0.4) is 0 Å². The fourth-order valence-electron chi connectivity index (χ4n) is 0. The van der Waals surface area contributed by atoms with Crippen LogP contribution in [0.2, 0.25) is 0 Å². The zero-order valence-corrected chi connectivity index (χ0v) is 12.6. The summed E-state index contributed by atoms with van der Waals surface area (Å²) in [6, 6.07) is 0. The van der Waals surface area contributed by atoms with Crippen LogP contribution in [0.25, 0.3) is 0 Å². The van der Waals surface area contributed by atoms with Crippen molar-refractivity contribution >= 4 is 29.7 Å². The molecule has 2 nitrogen and oxygen atoms in total. The van der Waals surface area contributed by atoms with E-state index in [1.165, 1.54) is 0 Å². The Morgan fingerprint density at radius 3 is 1.45 bits per heavy atom. The molecule has 0 aromatic carbocycles.